The first-order chi connectivity index (χ1) is 7.17. The van der Waals surface area contributed by atoms with E-state index in [1.165, 1.54) is 6.92 Å². The maximum absolute atomic E-state index is 10.8. The zero-order chi connectivity index (χ0) is 11.3. The van der Waals surface area contributed by atoms with Crippen LogP contribution in [0.2, 0.25) is 0 Å². The third kappa shape index (κ3) is 3.16. The molecule has 0 bridgehead atoms. The van der Waals surface area contributed by atoms with Crippen molar-refractivity contribution < 1.29 is 4.79 Å². The average Bonchev–Trinajstić information content (AvgIpc) is 2.21. The van der Waals surface area contributed by atoms with Crippen molar-refractivity contribution in [3.63, 3.8) is 0 Å². The van der Waals surface area contributed by atoms with E-state index in [1.807, 2.05) is 31.2 Å². The molecule has 1 rings (SSSR count). The van der Waals surface area contributed by atoms with Gasteiger partial charge in [0.15, 0.2) is 0 Å². The predicted molar refractivity (Wildman–Crippen MR) is 58.9 cm³/mol. The van der Waals surface area contributed by atoms with Crippen LogP contribution in [-0.2, 0) is 4.79 Å². The molecule has 2 N–H and O–H groups in total. The Morgan fingerprint density at radius 2 is 2.07 bits per heavy atom. The van der Waals surface area contributed by atoms with Crippen LogP contribution in [0.4, 0.5) is 5.69 Å². The number of nitrogens with one attached hydrogen (secondary N) is 2. The van der Waals surface area contributed by atoms with Crippen molar-refractivity contribution in [3.05, 3.63) is 29.8 Å². The molecule has 80 valence electrons. The van der Waals surface area contributed by atoms with E-state index in [0.29, 0.717) is 0 Å². The SMILES string of the molecule is CCC(N=N)c1ccc(NC(C)=O)cc1. The van der Waals surface area contributed by atoms with Crippen molar-refractivity contribution in [2.75, 3.05) is 5.32 Å². The molecule has 0 aliphatic rings. The number of amides is 1. The lowest BCUT2D eigenvalue weighted by Gasteiger charge is -2.09. The fraction of sp³-hybridized carbons (Fsp3) is 0.364. The molecule has 15 heavy (non-hydrogen) atoms. The summed E-state index contributed by atoms with van der Waals surface area (Å²) in [7, 11) is 0. The van der Waals surface area contributed by atoms with Crippen molar-refractivity contribution in [1.82, 2.24) is 0 Å². The Morgan fingerprint density at radius 1 is 1.47 bits per heavy atom. The van der Waals surface area contributed by atoms with Gasteiger partial charge in [0.1, 0.15) is 0 Å². The molecule has 1 unspecified atom stereocenters. The number of hydrogen-bond donors (Lipinski definition) is 2. The van der Waals surface area contributed by atoms with E-state index in [9.17, 15) is 4.79 Å². The number of hydrogen-bond acceptors (Lipinski definition) is 3. The highest BCUT2D eigenvalue weighted by atomic mass is 16.1. The summed E-state index contributed by atoms with van der Waals surface area (Å²) in [5.41, 5.74) is 8.79. The zero-order valence-corrected chi connectivity index (χ0v) is 8.95. The lowest BCUT2D eigenvalue weighted by molar-refractivity contribution is -0.114. The predicted octanol–water partition coefficient (Wildman–Crippen LogP) is 3.13. The molecule has 0 saturated heterocycles. The monoisotopic (exact) mass is 205 g/mol. The highest BCUT2D eigenvalue weighted by Gasteiger charge is 2.06. The first kappa shape index (κ1) is 11.4. The van der Waals surface area contributed by atoms with Gasteiger partial charge in [0.05, 0.1) is 6.04 Å². The molecular weight excluding hydrogens is 190 g/mol. The van der Waals surface area contributed by atoms with E-state index in [2.05, 4.69) is 10.4 Å². The van der Waals surface area contributed by atoms with Gasteiger partial charge in [0.25, 0.3) is 0 Å². The highest BCUT2D eigenvalue weighted by Crippen LogP contribution is 2.22. The third-order valence-corrected chi connectivity index (χ3v) is 2.16. The van der Waals surface area contributed by atoms with Gasteiger partial charge in [-0.1, -0.05) is 19.1 Å². The normalized spacial score (nSPS) is 11.9. The molecule has 0 heterocycles. The molecule has 0 spiro atoms. The van der Waals surface area contributed by atoms with Crippen molar-refractivity contribution in [1.29, 1.82) is 5.53 Å². The van der Waals surface area contributed by atoms with Crippen molar-refractivity contribution in [2.45, 2.75) is 26.3 Å². The Bertz CT molecular complexity index is 345. The van der Waals surface area contributed by atoms with Gasteiger partial charge in [-0.05, 0) is 24.1 Å². The summed E-state index contributed by atoms with van der Waals surface area (Å²) in [6.45, 7) is 3.46. The molecular formula is C11H15N3O. The topological polar surface area (TPSA) is 65.3 Å². The molecule has 0 aliphatic heterocycles. The van der Waals surface area contributed by atoms with Crippen LogP contribution in [0.15, 0.2) is 29.4 Å². The molecule has 4 heteroatoms. The second kappa shape index (κ2) is 5.24. The number of anilines is 1. The van der Waals surface area contributed by atoms with Gasteiger partial charge in [-0.2, -0.15) is 5.11 Å². The first-order valence-electron chi connectivity index (χ1n) is 4.91. The Labute approximate surface area is 89.2 Å². The van der Waals surface area contributed by atoms with Crippen molar-refractivity contribution >= 4 is 11.6 Å². The summed E-state index contributed by atoms with van der Waals surface area (Å²) >= 11 is 0. The molecule has 0 aliphatic carbocycles. The Hall–Kier alpha value is -1.71. The van der Waals surface area contributed by atoms with Gasteiger partial charge < -0.3 is 5.32 Å². The number of carbonyl (C=O) groups excluding carboxylic acids is 1. The lowest BCUT2D eigenvalue weighted by atomic mass is 10.1. The van der Waals surface area contributed by atoms with E-state index in [4.69, 9.17) is 5.53 Å². The number of benzene rings is 1. The molecule has 0 aromatic heterocycles. The highest BCUT2D eigenvalue weighted by molar-refractivity contribution is 5.88. The lowest BCUT2D eigenvalue weighted by Crippen LogP contribution is -2.05. The maximum atomic E-state index is 10.8. The van der Waals surface area contributed by atoms with Crippen molar-refractivity contribution in [2.24, 2.45) is 5.11 Å². The van der Waals surface area contributed by atoms with E-state index in [-0.39, 0.29) is 11.9 Å². The first-order valence-corrected chi connectivity index (χ1v) is 4.91. The van der Waals surface area contributed by atoms with Crippen LogP contribution in [-0.4, -0.2) is 5.91 Å². The summed E-state index contributed by atoms with van der Waals surface area (Å²) in [5, 5.41) is 6.22. The minimum atomic E-state index is -0.0834. The molecule has 1 atom stereocenters. The van der Waals surface area contributed by atoms with Crippen LogP contribution in [0.1, 0.15) is 31.9 Å². The summed E-state index contributed by atoms with van der Waals surface area (Å²) in [6, 6.07) is 7.35. The van der Waals surface area contributed by atoms with Crippen LogP contribution in [0.5, 0.6) is 0 Å². The van der Waals surface area contributed by atoms with E-state index in [0.717, 1.165) is 17.7 Å². The van der Waals surface area contributed by atoms with Crippen LogP contribution >= 0.6 is 0 Å². The largest absolute Gasteiger partial charge is 0.326 e. The van der Waals surface area contributed by atoms with Gasteiger partial charge in [0.2, 0.25) is 5.91 Å². The van der Waals surface area contributed by atoms with Gasteiger partial charge >= 0.3 is 0 Å². The third-order valence-electron chi connectivity index (χ3n) is 2.16. The number of carbonyl (C=O) groups is 1. The Morgan fingerprint density at radius 3 is 2.47 bits per heavy atom. The van der Waals surface area contributed by atoms with E-state index in [1.54, 1.807) is 0 Å². The summed E-state index contributed by atoms with van der Waals surface area (Å²) in [5.74, 6) is -0.0834. The van der Waals surface area contributed by atoms with E-state index < -0.39 is 0 Å². The van der Waals surface area contributed by atoms with Crippen LogP contribution in [0.3, 0.4) is 0 Å². The smallest absolute Gasteiger partial charge is 0.221 e. The molecule has 0 saturated carbocycles. The van der Waals surface area contributed by atoms with Crippen LogP contribution < -0.4 is 5.32 Å². The molecule has 1 aromatic carbocycles. The molecule has 0 radical (unpaired) electrons. The molecule has 1 aromatic rings. The van der Waals surface area contributed by atoms with Gasteiger partial charge in [-0.15, -0.1) is 0 Å². The summed E-state index contributed by atoms with van der Waals surface area (Å²) in [6.07, 6.45) is 0.809. The van der Waals surface area contributed by atoms with Crippen molar-refractivity contribution in [3.8, 4) is 0 Å². The summed E-state index contributed by atoms with van der Waals surface area (Å²) in [4.78, 5) is 10.8. The second-order valence-electron chi connectivity index (χ2n) is 3.36. The van der Waals surface area contributed by atoms with Crippen LogP contribution in [0.25, 0.3) is 0 Å². The minimum Gasteiger partial charge on any atom is -0.326 e. The standard InChI is InChI=1S/C11H15N3O/c1-3-11(14-12)9-4-6-10(7-5-9)13-8(2)15/h4-7,11-12H,3H2,1-2H3,(H,13,15). The molecule has 4 nitrogen and oxygen atoms in total. The molecule has 1 amide bonds. The quantitative estimate of drug-likeness (QED) is 0.728. The average molecular weight is 205 g/mol. The van der Waals surface area contributed by atoms with E-state index >= 15 is 0 Å². The van der Waals surface area contributed by atoms with Crippen LogP contribution in [0, 0.1) is 5.53 Å². The maximum Gasteiger partial charge on any atom is 0.221 e. The van der Waals surface area contributed by atoms with Gasteiger partial charge in [-0.25, -0.2) is 5.53 Å². The second-order valence-corrected chi connectivity index (χ2v) is 3.36. The number of nitrogens with zero attached hydrogens (tertiary/aromatic N) is 1. The molecule has 0 fully saturated rings. The minimum absolute atomic E-state index is 0.0728. The summed E-state index contributed by atoms with van der Waals surface area (Å²) < 4.78 is 0. The van der Waals surface area contributed by atoms with Gasteiger partial charge in [0, 0.05) is 12.6 Å². The number of rotatable bonds is 4. The Balaban J connectivity index is 2.79. The fourth-order valence-corrected chi connectivity index (χ4v) is 1.39. The van der Waals surface area contributed by atoms with Gasteiger partial charge in [-0.3, -0.25) is 4.79 Å². The Kier molecular flexibility index (Phi) is 3.97. The fourth-order valence-electron chi connectivity index (χ4n) is 1.39. The zero-order valence-electron chi connectivity index (χ0n) is 8.95.